The van der Waals surface area contributed by atoms with E-state index in [-0.39, 0.29) is 29.0 Å². The lowest BCUT2D eigenvalue weighted by atomic mass is 10.2. The first-order valence-electron chi connectivity index (χ1n) is 6.53. The molecule has 0 bridgehead atoms. The summed E-state index contributed by atoms with van der Waals surface area (Å²) >= 11 is 5.95. The molecule has 1 heterocycles. The maximum absolute atomic E-state index is 13.5. The lowest BCUT2D eigenvalue weighted by Crippen LogP contribution is -2.25. The van der Waals surface area contributed by atoms with E-state index in [1.807, 2.05) is 13.8 Å². The lowest BCUT2D eigenvalue weighted by molar-refractivity contribution is 0.0945. The number of aromatic nitrogens is 2. The summed E-state index contributed by atoms with van der Waals surface area (Å²) in [5, 5.41) is 2.78. The van der Waals surface area contributed by atoms with E-state index in [2.05, 4.69) is 15.3 Å². The standard InChI is InChI=1S/C15H15ClFN3O/c1-9(2)14-18-8-11(16)13(20-14)15(21)19-7-10-5-3-4-6-12(10)17/h3-6,8-9H,7H2,1-2H3,(H,19,21). The first kappa shape index (κ1) is 15.4. The number of halogens is 2. The first-order valence-corrected chi connectivity index (χ1v) is 6.91. The van der Waals surface area contributed by atoms with E-state index in [1.54, 1.807) is 18.2 Å². The molecule has 2 rings (SSSR count). The van der Waals surface area contributed by atoms with E-state index in [0.29, 0.717) is 11.4 Å². The number of rotatable bonds is 4. The molecule has 0 aliphatic heterocycles. The van der Waals surface area contributed by atoms with E-state index in [9.17, 15) is 9.18 Å². The topological polar surface area (TPSA) is 54.9 Å². The average Bonchev–Trinajstić information content (AvgIpc) is 2.46. The Balaban J connectivity index is 2.14. The van der Waals surface area contributed by atoms with Crippen LogP contribution in [0.4, 0.5) is 4.39 Å². The van der Waals surface area contributed by atoms with Crippen LogP contribution in [0.1, 0.15) is 41.6 Å². The molecule has 0 spiro atoms. The fraction of sp³-hybridized carbons (Fsp3) is 0.267. The number of amides is 1. The minimum absolute atomic E-state index is 0.0723. The molecule has 0 fully saturated rings. The van der Waals surface area contributed by atoms with Crippen LogP contribution in [-0.4, -0.2) is 15.9 Å². The number of carbonyl (C=O) groups excluding carboxylic acids is 1. The van der Waals surface area contributed by atoms with Crippen molar-refractivity contribution in [1.29, 1.82) is 0 Å². The van der Waals surface area contributed by atoms with Crippen molar-refractivity contribution >= 4 is 17.5 Å². The largest absolute Gasteiger partial charge is 0.346 e. The second-order valence-electron chi connectivity index (χ2n) is 4.85. The van der Waals surface area contributed by atoms with Gasteiger partial charge in [0.2, 0.25) is 0 Å². The van der Waals surface area contributed by atoms with Gasteiger partial charge >= 0.3 is 0 Å². The Labute approximate surface area is 127 Å². The van der Waals surface area contributed by atoms with E-state index in [0.717, 1.165) is 0 Å². The van der Waals surface area contributed by atoms with Gasteiger partial charge in [0.1, 0.15) is 17.3 Å². The molecule has 0 aliphatic rings. The van der Waals surface area contributed by atoms with Gasteiger partial charge in [-0.15, -0.1) is 0 Å². The second-order valence-corrected chi connectivity index (χ2v) is 5.26. The van der Waals surface area contributed by atoms with Gasteiger partial charge in [0.15, 0.2) is 0 Å². The first-order chi connectivity index (χ1) is 9.99. The van der Waals surface area contributed by atoms with Gasteiger partial charge in [0.05, 0.1) is 11.2 Å². The number of benzene rings is 1. The van der Waals surface area contributed by atoms with Crippen molar-refractivity contribution in [1.82, 2.24) is 15.3 Å². The molecule has 0 unspecified atom stereocenters. The van der Waals surface area contributed by atoms with Gasteiger partial charge in [-0.05, 0) is 6.07 Å². The third kappa shape index (κ3) is 3.76. The number of nitrogens with zero attached hydrogens (tertiary/aromatic N) is 2. The highest BCUT2D eigenvalue weighted by Crippen LogP contribution is 2.16. The molecule has 0 saturated carbocycles. The van der Waals surface area contributed by atoms with Gasteiger partial charge in [-0.2, -0.15) is 0 Å². The summed E-state index contributed by atoms with van der Waals surface area (Å²) in [4.78, 5) is 20.3. The molecule has 1 N–H and O–H groups in total. The number of carbonyl (C=O) groups is 1. The van der Waals surface area contributed by atoms with Crippen molar-refractivity contribution < 1.29 is 9.18 Å². The fourth-order valence-electron chi connectivity index (χ4n) is 1.72. The zero-order valence-electron chi connectivity index (χ0n) is 11.7. The third-order valence-corrected chi connectivity index (χ3v) is 3.17. The molecule has 1 aromatic carbocycles. The highest BCUT2D eigenvalue weighted by molar-refractivity contribution is 6.33. The van der Waals surface area contributed by atoms with Crippen molar-refractivity contribution in [2.24, 2.45) is 0 Å². The maximum atomic E-state index is 13.5. The Kier molecular flexibility index (Phi) is 4.85. The number of hydrogen-bond acceptors (Lipinski definition) is 3. The van der Waals surface area contributed by atoms with Crippen molar-refractivity contribution in [3.8, 4) is 0 Å². The minimum Gasteiger partial charge on any atom is -0.346 e. The summed E-state index contributed by atoms with van der Waals surface area (Å²) in [6.45, 7) is 3.91. The molecule has 0 aliphatic carbocycles. The molecule has 21 heavy (non-hydrogen) atoms. The fourth-order valence-corrected chi connectivity index (χ4v) is 1.90. The smallest absolute Gasteiger partial charge is 0.271 e. The highest BCUT2D eigenvalue weighted by Gasteiger charge is 2.15. The molecule has 0 radical (unpaired) electrons. The zero-order chi connectivity index (χ0) is 15.4. The monoisotopic (exact) mass is 307 g/mol. The average molecular weight is 308 g/mol. The molecular formula is C15H15ClFN3O. The predicted octanol–water partition coefficient (Wildman–Crippen LogP) is 3.32. The van der Waals surface area contributed by atoms with Gasteiger partial charge in [-0.25, -0.2) is 14.4 Å². The second kappa shape index (κ2) is 6.63. The van der Waals surface area contributed by atoms with Crippen LogP contribution in [0.5, 0.6) is 0 Å². The molecular weight excluding hydrogens is 293 g/mol. The zero-order valence-corrected chi connectivity index (χ0v) is 12.5. The SMILES string of the molecule is CC(C)c1ncc(Cl)c(C(=O)NCc2ccccc2F)n1. The molecule has 110 valence electrons. The van der Waals surface area contributed by atoms with Crippen LogP contribution in [0.2, 0.25) is 5.02 Å². The summed E-state index contributed by atoms with van der Waals surface area (Å²) in [5.41, 5.74) is 0.506. The molecule has 0 atom stereocenters. The Morgan fingerprint density at radius 3 is 2.76 bits per heavy atom. The Morgan fingerprint density at radius 2 is 2.10 bits per heavy atom. The molecule has 2 aromatic rings. The van der Waals surface area contributed by atoms with E-state index < -0.39 is 5.91 Å². The summed E-state index contributed by atoms with van der Waals surface area (Å²) < 4.78 is 13.5. The molecule has 1 aromatic heterocycles. The van der Waals surface area contributed by atoms with Crippen LogP contribution in [0.25, 0.3) is 0 Å². The summed E-state index contributed by atoms with van der Waals surface area (Å²) in [5.74, 6) is -0.196. The Hall–Kier alpha value is -2.01. The number of hydrogen-bond donors (Lipinski definition) is 1. The maximum Gasteiger partial charge on any atom is 0.271 e. The van der Waals surface area contributed by atoms with Gasteiger partial charge in [-0.1, -0.05) is 43.6 Å². The van der Waals surface area contributed by atoms with Crippen molar-refractivity contribution in [2.75, 3.05) is 0 Å². The van der Waals surface area contributed by atoms with E-state index in [4.69, 9.17) is 11.6 Å². The van der Waals surface area contributed by atoms with Crippen molar-refractivity contribution in [2.45, 2.75) is 26.3 Å². The van der Waals surface area contributed by atoms with E-state index >= 15 is 0 Å². The van der Waals surface area contributed by atoms with Gasteiger partial charge in [-0.3, -0.25) is 4.79 Å². The minimum atomic E-state index is -0.451. The predicted molar refractivity (Wildman–Crippen MR) is 78.7 cm³/mol. The number of nitrogens with one attached hydrogen (secondary N) is 1. The van der Waals surface area contributed by atoms with Gasteiger partial charge in [0.25, 0.3) is 5.91 Å². The van der Waals surface area contributed by atoms with Crippen molar-refractivity contribution in [3.05, 3.63) is 58.4 Å². The van der Waals surface area contributed by atoms with Crippen LogP contribution in [0, 0.1) is 5.82 Å². The van der Waals surface area contributed by atoms with Crippen LogP contribution in [0.15, 0.2) is 30.5 Å². The highest BCUT2D eigenvalue weighted by atomic mass is 35.5. The molecule has 6 heteroatoms. The van der Waals surface area contributed by atoms with Crippen LogP contribution >= 0.6 is 11.6 Å². The lowest BCUT2D eigenvalue weighted by Gasteiger charge is -2.09. The summed E-state index contributed by atoms with van der Waals surface area (Å²) in [7, 11) is 0. The molecule has 0 saturated heterocycles. The Bertz CT molecular complexity index is 661. The van der Waals surface area contributed by atoms with Crippen molar-refractivity contribution in [3.63, 3.8) is 0 Å². The van der Waals surface area contributed by atoms with Crippen LogP contribution in [-0.2, 0) is 6.54 Å². The quantitative estimate of drug-likeness (QED) is 0.942. The van der Waals surface area contributed by atoms with Gasteiger partial charge < -0.3 is 5.32 Å². The van der Waals surface area contributed by atoms with Crippen LogP contribution < -0.4 is 5.32 Å². The Morgan fingerprint density at radius 1 is 1.38 bits per heavy atom. The third-order valence-electron chi connectivity index (χ3n) is 2.89. The normalized spacial score (nSPS) is 10.7. The summed E-state index contributed by atoms with van der Waals surface area (Å²) in [6.07, 6.45) is 1.40. The van der Waals surface area contributed by atoms with Crippen LogP contribution in [0.3, 0.4) is 0 Å². The summed E-state index contributed by atoms with van der Waals surface area (Å²) in [6, 6.07) is 6.25. The van der Waals surface area contributed by atoms with E-state index in [1.165, 1.54) is 12.3 Å². The van der Waals surface area contributed by atoms with Gasteiger partial charge in [0, 0.05) is 18.0 Å². The molecule has 1 amide bonds. The molecule has 4 nitrogen and oxygen atoms in total.